The number of nitrogens with one attached hydrogen (secondary N) is 2. The summed E-state index contributed by atoms with van der Waals surface area (Å²) in [7, 11) is 5.75. The van der Waals surface area contributed by atoms with Gasteiger partial charge in [-0.05, 0) is 29.8 Å². The molecule has 0 spiro atoms. The van der Waals surface area contributed by atoms with Crippen molar-refractivity contribution in [1.82, 2.24) is 20.6 Å². The number of hydrogen-bond acceptors (Lipinski definition) is 5. The molecule has 166 valence electrons. The number of hydrogen-bond donors (Lipinski definition) is 2. The number of fused-ring (bicyclic) bond motifs is 1. The number of aliphatic imine (C=N–C) groups is 1. The molecule has 0 fully saturated rings. The van der Waals surface area contributed by atoms with Gasteiger partial charge in [0, 0.05) is 38.6 Å². The van der Waals surface area contributed by atoms with E-state index in [0.717, 1.165) is 33.5 Å². The second kappa shape index (κ2) is 10.9. The SMILES string of the molecule is CN=C(NCc1coc(-c2ccccc2)n1)NCc1cc(N(C)C)nc2ccccc12.I. The number of rotatable bonds is 6. The van der Waals surface area contributed by atoms with Gasteiger partial charge in [0.05, 0.1) is 17.8 Å². The Labute approximate surface area is 205 Å². The number of pyridine rings is 1. The molecule has 2 heterocycles. The van der Waals surface area contributed by atoms with Crippen LogP contribution < -0.4 is 15.5 Å². The summed E-state index contributed by atoms with van der Waals surface area (Å²) in [6, 6.07) is 20.1. The van der Waals surface area contributed by atoms with Crippen LogP contribution in [0.25, 0.3) is 22.4 Å². The van der Waals surface area contributed by atoms with Crippen LogP contribution in [0.5, 0.6) is 0 Å². The highest BCUT2D eigenvalue weighted by atomic mass is 127. The van der Waals surface area contributed by atoms with Gasteiger partial charge < -0.3 is 20.0 Å². The summed E-state index contributed by atoms with van der Waals surface area (Å²) >= 11 is 0. The highest BCUT2D eigenvalue weighted by Gasteiger charge is 2.09. The molecule has 7 nitrogen and oxygen atoms in total. The number of aromatic nitrogens is 2. The maximum atomic E-state index is 5.61. The van der Waals surface area contributed by atoms with E-state index in [2.05, 4.69) is 32.7 Å². The second-order valence-corrected chi connectivity index (χ2v) is 7.34. The molecule has 0 aliphatic carbocycles. The average molecular weight is 542 g/mol. The molecule has 0 radical (unpaired) electrons. The molecule has 0 bridgehead atoms. The zero-order valence-electron chi connectivity index (χ0n) is 18.4. The lowest BCUT2D eigenvalue weighted by atomic mass is 10.1. The summed E-state index contributed by atoms with van der Waals surface area (Å²) in [5.74, 6) is 2.23. The van der Waals surface area contributed by atoms with Crippen LogP contribution >= 0.6 is 24.0 Å². The van der Waals surface area contributed by atoms with E-state index in [0.29, 0.717) is 24.9 Å². The van der Waals surface area contributed by atoms with Gasteiger partial charge in [0.25, 0.3) is 0 Å². The van der Waals surface area contributed by atoms with Gasteiger partial charge in [0.1, 0.15) is 12.1 Å². The van der Waals surface area contributed by atoms with E-state index in [9.17, 15) is 0 Å². The van der Waals surface area contributed by atoms with Gasteiger partial charge in [-0.2, -0.15) is 0 Å². The fourth-order valence-corrected chi connectivity index (χ4v) is 3.28. The summed E-state index contributed by atoms with van der Waals surface area (Å²) in [6.07, 6.45) is 1.67. The normalized spacial score (nSPS) is 11.2. The Balaban J connectivity index is 0.00000289. The van der Waals surface area contributed by atoms with E-state index in [1.165, 1.54) is 0 Å². The monoisotopic (exact) mass is 542 g/mol. The van der Waals surface area contributed by atoms with Crippen molar-refractivity contribution in [2.24, 2.45) is 4.99 Å². The van der Waals surface area contributed by atoms with Crippen LogP contribution in [0.4, 0.5) is 5.82 Å². The Kier molecular flexibility index (Phi) is 8.04. The number of guanidine groups is 1. The Morgan fingerprint density at radius 2 is 1.69 bits per heavy atom. The molecule has 2 aromatic heterocycles. The molecule has 0 amide bonds. The number of oxazole rings is 1. The predicted octanol–water partition coefficient (Wildman–Crippen LogP) is 4.44. The number of nitrogens with zero attached hydrogens (tertiary/aromatic N) is 4. The van der Waals surface area contributed by atoms with Crippen LogP contribution in [0.2, 0.25) is 0 Å². The van der Waals surface area contributed by atoms with Gasteiger partial charge in [-0.1, -0.05) is 36.4 Å². The minimum absolute atomic E-state index is 0. The standard InChI is InChI=1S/C24H26N6O.HI/c1-25-24(27-15-19-16-31-23(28-19)17-9-5-4-6-10-17)26-14-18-13-22(30(2)3)29-21-12-8-7-11-20(18)21;/h4-13,16H,14-15H2,1-3H3,(H2,25,26,27);1H. The fourth-order valence-electron chi connectivity index (χ4n) is 3.28. The molecule has 2 aromatic carbocycles. The lowest BCUT2D eigenvalue weighted by Gasteiger charge is -2.16. The average Bonchev–Trinajstić information content (AvgIpc) is 3.28. The van der Waals surface area contributed by atoms with Crippen LogP contribution in [0, 0.1) is 0 Å². The summed E-state index contributed by atoms with van der Waals surface area (Å²) in [5.41, 5.74) is 3.90. The summed E-state index contributed by atoms with van der Waals surface area (Å²) in [6.45, 7) is 1.13. The predicted molar refractivity (Wildman–Crippen MR) is 140 cm³/mol. The Morgan fingerprint density at radius 1 is 0.969 bits per heavy atom. The van der Waals surface area contributed by atoms with Gasteiger partial charge in [-0.25, -0.2) is 9.97 Å². The topological polar surface area (TPSA) is 78.6 Å². The third-order valence-corrected chi connectivity index (χ3v) is 4.93. The van der Waals surface area contributed by atoms with Crippen molar-refractivity contribution in [3.63, 3.8) is 0 Å². The van der Waals surface area contributed by atoms with Crippen molar-refractivity contribution < 1.29 is 4.42 Å². The largest absolute Gasteiger partial charge is 0.444 e. The summed E-state index contributed by atoms with van der Waals surface area (Å²) < 4.78 is 5.61. The van der Waals surface area contributed by atoms with Gasteiger partial charge in [0.2, 0.25) is 5.89 Å². The zero-order valence-corrected chi connectivity index (χ0v) is 20.7. The third-order valence-electron chi connectivity index (χ3n) is 4.93. The molecule has 2 N–H and O–H groups in total. The van der Waals surface area contributed by atoms with Crippen molar-refractivity contribution in [3.8, 4) is 11.5 Å². The van der Waals surface area contributed by atoms with Crippen LogP contribution in [0.15, 0.2) is 76.3 Å². The number of para-hydroxylation sites is 1. The highest BCUT2D eigenvalue weighted by Crippen LogP contribution is 2.22. The first-order valence-corrected chi connectivity index (χ1v) is 10.1. The lowest BCUT2D eigenvalue weighted by Crippen LogP contribution is -2.36. The number of halogens is 1. The molecule has 4 rings (SSSR count). The molecule has 8 heteroatoms. The molecule has 32 heavy (non-hydrogen) atoms. The van der Waals surface area contributed by atoms with Gasteiger partial charge in [-0.3, -0.25) is 4.99 Å². The van der Waals surface area contributed by atoms with E-state index in [4.69, 9.17) is 9.40 Å². The van der Waals surface area contributed by atoms with E-state index >= 15 is 0 Å². The molecular formula is C24H27IN6O. The Bertz CT molecular complexity index is 1190. The maximum Gasteiger partial charge on any atom is 0.226 e. The number of anilines is 1. The molecule has 0 saturated carbocycles. The fraction of sp³-hybridized carbons (Fsp3) is 0.208. The maximum absolute atomic E-state index is 5.61. The minimum Gasteiger partial charge on any atom is -0.444 e. The highest BCUT2D eigenvalue weighted by molar-refractivity contribution is 14.0. The van der Waals surface area contributed by atoms with E-state index in [-0.39, 0.29) is 24.0 Å². The van der Waals surface area contributed by atoms with Crippen LogP contribution in [-0.2, 0) is 13.1 Å². The van der Waals surface area contributed by atoms with Crippen LogP contribution in [0.1, 0.15) is 11.3 Å². The molecule has 0 saturated heterocycles. The molecule has 0 aliphatic heterocycles. The Morgan fingerprint density at radius 3 is 2.44 bits per heavy atom. The van der Waals surface area contributed by atoms with Crippen molar-refractivity contribution in [3.05, 3.63) is 78.2 Å². The van der Waals surface area contributed by atoms with Gasteiger partial charge in [0.15, 0.2) is 5.96 Å². The van der Waals surface area contributed by atoms with E-state index in [1.54, 1.807) is 13.3 Å². The summed E-state index contributed by atoms with van der Waals surface area (Å²) in [5, 5.41) is 7.81. The molecule has 0 aliphatic rings. The Hall–Kier alpha value is -3.14. The van der Waals surface area contributed by atoms with Crippen molar-refractivity contribution in [2.75, 3.05) is 26.0 Å². The van der Waals surface area contributed by atoms with Crippen molar-refractivity contribution in [2.45, 2.75) is 13.1 Å². The van der Waals surface area contributed by atoms with Crippen LogP contribution in [-0.4, -0.2) is 37.1 Å². The van der Waals surface area contributed by atoms with Crippen molar-refractivity contribution >= 4 is 46.7 Å². The first-order valence-electron chi connectivity index (χ1n) is 10.1. The molecule has 0 unspecified atom stereocenters. The van der Waals surface area contributed by atoms with Crippen LogP contribution in [0.3, 0.4) is 0 Å². The third kappa shape index (κ3) is 5.56. The molecular weight excluding hydrogens is 515 g/mol. The lowest BCUT2D eigenvalue weighted by molar-refractivity contribution is 0.572. The first kappa shape index (κ1) is 23.5. The quantitative estimate of drug-likeness (QED) is 0.213. The van der Waals surface area contributed by atoms with Gasteiger partial charge >= 0.3 is 0 Å². The summed E-state index contributed by atoms with van der Waals surface area (Å²) in [4.78, 5) is 15.6. The minimum atomic E-state index is 0. The van der Waals surface area contributed by atoms with Crippen molar-refractivity contribution in [1.29, 1.82) is 0 Å². The second-order valence-electron chi connectivity index (χ2n) is 7.34. The first-order chi connectivity index (χ1) is 15.1. The number of benzene rings is 2. The zero-order chi connectivity index (χ0) is 21.6. The molecule has 0 atom stereocenters. The van der Waals surface area contributed by atoms with Gasteiger partial charge in [-0.15, -0.1) is 24.0 Å². The van der Waals surface area contributed by atoms with E-state index < -0.39 is 0 Å². The smallest absolute Gasteiger partial charge is 0.226 e. The molecule has 4 aromatic rings. The van der Waals surface area contributed by atoms with E-state index in [1.807, 2.05) is 67.5 Å².